The summed E-state index contributed by atoms with van der Waals surface area (Å²) in [6.45, 7) is 7.48. The van der Waals surface area contributed by atoms with Gasteiger partial charge in [-0.15, -0.1) is 0 Å². The highest BCUT2D eigenvalue weighted by Gasteiger charge is 2.34. The summed E-state index contributed by atoms with van der Waals surface area (Å²) in [6.07, 6.45) is 3.32. The summed E-state index contributed by atoms with van der Waals surface area (Å²) < 4.78 is 16.9. The average Bonchev–Trinajstić information content (AvgIpc) is 2.45. The summed E-state index contributed by atoms with van der Waals surface area (Å²) >= 11 is 0. The van der Waals surface area contributed by atoms with Crippen molar-refractivity contribution in [3.05, 3.63) is 17.7 Å². The van der Waals surface area contributed by atoms with Crippen LogP contribution in [0.5, 0.6) is 17.2 Å². The van der Waals surface area contributed by atoms with Crippen LogP contribution in [-0.2, 0) is 0 Å². The topological polar surface area (TPSA) is 39.7 Å². The van der Waals surface area contributed by atoms with Crippen molar-refractivity contribution in [3.63, 3.8) is 0 Å². The molecule has 1 aromatic carbocycles. The molecule has 0 saturated carbocycles. The molecule has 1 aliphatic heterocycles. The summed E-state index contributed by atoms with van der Waals surface area (Å²) in [5.41, 5.74) is 0.972. The molecule has 1 unspecified atom stereocenters. The number of benzene rings is 1. The maximum atomic E-state index is 6.12. The van der Waals surface area contributed by atoms with Gasteiger partial charge in [-0.3, -0.25) is 0 Å². The Bertz CT molecular complexity index is 485. The van der Waals surface area contributed by atoms with Crippen molar-refractivity contribution in [2.24, 2.45) is 0 Å². The van der Waals surface area contributed by atoms with E-state index in [9.17, 15) is 0 Å². The number of hydrogen-bond donors (Lipinski definition) is 1. The number of nitrogens with one attached hydrogen (secondary N) is 1. The van der Waals surface area contributed by atoms with Gasteiger partial charge in [0.15, 0.2) is 11.5 Å². The molecule has 1 aromatic rings. The molecule has 0 spiro atoms. The zero-order chi connectivity index (χ0) is 15.5. The second-order valence-corrected chi connectivity index (χ2v) is 6.17. The van der Waals surface area contributed by atoms with Crippen molar-refractivity contribution in [2.45, 2.75) is 51.7 Å². The molecule has 1 N–H and O–H groups in total. The fraction of sp³-hybridized carbons (Fsp3) is 0.647. The van der Waals surface area contributed by atoms with Gasteiger partial charge in [-0.1, -0.05) is 13.3 Å². The number of ether oxygens (including phenoxy) is 3. The molecule has 0 radical (unpaired) electrons. The predicted octanol–water partition coefficient (Wildman–Crippen LogP) is 3.70. The zero-order valence-corrected chi connectivity index (χ0v) is 13.8. The number of methoxy groups -OCH3 is 2. The maximum absolute atomic E-state index is 6.12. The van der Waals surface area contributed by atoms with Gasteiger partial charge in [-0.05, 0) is 32.9 Å². The molecule has 1 heterocycles. The van der Waals surface area contributed by atoms with Crippen molar-refractivity contribution in [3.8, 4) is 17.2 Å². The van der Waals surface area contributed by atoms with Gasteiger partial charge < -0.3 is 19.5 Å². The zero-order valence-electron chi connectivity index (χ0n) is 13.8. The lowest BCUT2D eigenvalue weighted by Crippen LogP contribution is -2.39. The van der Waals surface area contributed by atoms with E-state index >= 15 is 0 Å². The highest BCUT2D eigenvalue weighted by atomic mass is 16.5. The fourth-order valence-electron chi connectivity index (χ4n) is 2.81. The third-order valence-electron chi connectivity index (χ3n) is 3.89. The first-order valence-electron chi connectivity index (χ1n) is 7.69. The molecule has 21 heavy (non-hydrogen) atoms. The lowest BCUT2D eigenvalue weighted by atomic mass is 9.89. The van der Waals surface area contributed by atoms with E-state index < -0.39 is 0 Å². The second kappa shape index (κ2) is 6.56. The van der Waals surface area contributed by atoms with E-state index in [1.165, 1.54) is 12.8 Å². The van der Waals surface area contributed by atoms with Crippen LogP contribution in [0.15, 0.2) is 12.1 Å². The third-order valence-corrected chi connectivity index (χ3v) is 3.89. The van der Waals surface area contributed by atoms with Crippen molar-refractivity contribution >= 4 is 0 Å². The van der Waals surface area contributed by atoms with Crippen molar-refractivity contribution in [1.82, 2.24) is 5.32 Å². The molecule has 4 heteroatoms. The van der Waals surface area contributed by atoms with E-state index in [4.69, 9.17) is 14.2 Å². The molecule has 0 amide bonds. The summed E-state index contributed by atoms with van der Waals surface area (Å²) in [6, 6.07) is 4.26. The van der Waals surface area contributed by atoms with Crippen LogP contribution < -0.4 is 19.5 Å². The molecule has 0 aromatic heterocycles. The van der Waals surface area contributed by atoms with Gasteiger partial charge >= 0.3 is 0 Å². The molecule has 118 valence electrons. The quantitative estimate of drug-likeness (QED) is 0.812. The summed E-state index contributed by atoms with van der Waals surface area (Å²) in [7, 11) is 3.31. The molecule has 0 bridgehead atoms. The minimum atomic E-state index is -0.184. The molecule has 2 rings (SSSR count). The monoisotopic (exact) mass is 293 g/mol. The van der Waals surface area contributed by atoms with Gasteiger partial charge in [0, 0.05) is 24.1 Å². The van der Waals surface area contributed by atoms with Gasteiger partial charge in [0.25, 0.3) is 0 Å². The van der Waals surface area contributed by atoms with E-state index in [0.717, 1.165) is 30.0 Å². The Balaban J connectivity index is 2.33. The highest BCUT2D eigenvalue weighted by Crippen LogP contribution is 2.44. The van der Waals surface area contributed by atoms with Crippen LogP contribution in [0.1, 0.15) is 51.6 Å². The van der Waals surface area contributed by atoms with Crippen molar-refractivity contribution < 1.29 is 14.2 Å². The van der Waals surface area contributed by atoms with Gasteiger partial charge in [-0.2, -0.15) is 0 Å². The largest absolute Gasteiger partial charge is 0.493 e. The first-order chi connectivity index (χ1) is 10.0. The Morgan fingerprint density at radius 1 is 1.24 bits per heavy atom. The summed E-state index contributed by atoms with van der Waals surface area (Å²) in [5.74, 6) is 2.35. The summed E-state index contributed by atoms with van der Waals surface area (Å²) in [4.78, 5) is 0. The van der Waals surface area contributed by atoms with E-state index in [1.54, 1.807) is 14.2 Å². The number of hydrogen-bond acceptors (Lipinski definition) is 4. The van der Waals surface area contributed by atoms with Crippen LogP contribution in [0, 0.1) is 0 Å². The Kier molecular flexibility index (Phi) is 4.99. The van der Waals surface area contributed by atoms with Gasteiger partial charge in [0.2, 0.25) is 0 Å². The normalized spacial score (nSPS) is 19.6. The van der Waals surface area contributed by atoms with E-state index in [1.807, 2.05) is 12.1 Å². The Labute approximate surface area is 127 Å². The van der Waals surface area contributed by atoms with Gasteiger partial charge in [0.05, 0.1) is 14.2 Å². The first-order valence-corrected chi connectivity index (χ1v) is 7.69. The van der Waals surface area contributed by atoms with Crippen LogP contribution in [0.3, 0.4) is 0 Å². The molecule has 4 nitrogen and oxygen atoms in total. The molecular weight excluding hydrogens is 266 g/mol. The molecule has 0 aliphatic carbocycles. The van der Waals surface area contributed by atoms with Crippen LogP contribution in [0.4, 0.5) is 0 Å². The number of unbranched alkanes of at least 4 members (excludes halogenated alkanes) is 1. The molecule has 0 saturated heterocycles. The third kappa shape index (κ3) is 3.62. The average molecular weight is 293 g/mol. The SMILES string of the molecule is CCCCNC1CC(C)(C)Oc2cc(OC)c(OC)cc21. The van der Waals surface area contributed by atoms with E-state index in [0.29, 0.717) is 5.75 Å². The predicted molar refractivity (Wildman–Crippen MR) is 84.5 cm³/mol. The van der Waals surface area contributed by atoms with Crippen LogP contribution in [-0.4, -0.2) is 26.4 Å². The van der Waals surface area contributed by atoms with Gasteiger partial charge in [0.1, 0.15) is 11.4 Å². The maximum Gasteiger partial charge on any atom is 0.164 e. The Morgan fingerprint density at radius 3 is 2.52 bits per heavy atom. The number of rotatable bonds is 6. The highest BCUT2D eigenvalue weighted by molar-refractivity contribution is 5.53. The number of fused-ring (bicyclic) bond motifs is 1. The first kappa shape index (κ1) is 16.0. The molecule has 1 aliphatic rings. The second-order valence-electron chi connectivity index (χ2n) is 6.17. The fourth-order valence-corrected chi connectivity index (χ4v) is 2.81. The van der Waals surface area contributed by atoms with Crippen LogP contribution >= 0.6 is 0 Å². The Hall–Kier alpha value is -1.42. The van der Waals surface area contributed by atoms with Gasteiger partial charge in [-0.25, -0.2) is 0 Å². The molecular formula is C17H27NO3. The van der Waals surface area contributed by atoms with E-state index in [-0.39, 0.29) is 11.6 Å². The Morgan fingerprint density at radius 2 is 1.90 bits per heavy atom. The van der Waals surface area contributed by atoms with Crippen molar-refractivity contribution in [2.75, 3.05) is 20.8 Å². The molecule has 1 atom stereocenters. The van der Waals surface area contributed by atoms with Crippen LogP contribution in [0.25, 0.3) is 0 Å². The molecule has 0 fully saturated rings. The standard InChI is InChI=1S/C17H27NO3/c1-6-7-8-18-13-11-17(2,3)21-14-10-16(20-5)15(19-4)9-12(13)14/h9-10,13,18H,6-8,11H2,1-5H3. The smallest absolute Gasteiger partial charge is 0.164 e. The van der Waals surface area contributed by atoms with E-state index in [2.05, 4.69) is 26.1 Å². The van der Waals surface area contributed by atoms with Crippen LogP contribution in [0.2, 0.25) is 0 Å². The minimum absolute atomic E-state index is 0.184. The minimum Gasteiger partial charge on any atom is -0.493 e. The van der Waals surface area contributed by atoms with Crippen molar-refractivity contribution in [1.29, 1.82) is 0 Å². The lowest BCUT2D eigenvalue weighted by Gasteiger charge is -2.38. The lowest BCUT2D eigenvalue weighted by molar-refractivity contribution is 0.0655. The summed E-state index contributed by atoms with van der Waals surface area (Å²) in [5, 5.41) is 3.65.